The first kappa shape index (κ1) is 15.2. The van der Waals surface area contributed by atoms with Gasteiger partial charge < -0.3 is 15.5 Å². The molecule has 0 amide bonds. The molecule has 0 saturated carbocycles. The van der Waals surface area contributed by atoms with Gasteiger partial charge in [0.15, 0.2) is 5.13 Å². The molecule has 0 spiro atoms. The van der Waals surface area contributed by atoms with E-state index in [0.717, 1.165) is 31.9 Å². The van der Waals surface area contributed by atoms with Crippen LogP contribution in [-0.2, 0) is 5.41 Å². The molecule has 0 radical (unpaired) electrons. The molecular formula is C17H24N4S. The lowest BCUT2D eigenvalue weighted by Gasteiger charge is -2.37. The lowest BCUT2D eigenvalue weighted by molar-refractivity contribution is 0.566. The van der Waals surface area contributed by atoms with Crippen molar-refractivity contribution in [1.82, 2.24) is 4.98 Å². The number of nitrogens with zero attached hydrogens (tertiary/aromatic N) is 3. The van der Waals surface area contributed by atoms with Crippen LogP contribution in [0.1, 0.15) is 26.5 Å². The second-order valence-electron chi connectivity index (χ2n) is 6.77. The molecule has 0 unspecified atom stereocenters. The third-order valence-electron chi connectivity index (χ3n) is 4.02. The molecule has 1 aromatic heterocycles. The van der Waals surface area contributed by atoms with Crippen molar-refractivity contribution in [2.45, 2.75) is 26.2 Å². The number of para-hydroxylation sites is 1. The topological polar surface area (TPSA) is 45.4 Å². The van der Waals surface area contributed by atoms with Crippen molar-refractivity contribution in [2.24, 2.45) is 0 Å². The third kappa shape index (κ3) is 3.04. The van der Waals surface area contributed by atoms with Gasteiger partial charge in [0.1, 0.15) is 5.00 Å². The predicted octanol–water partition coefficient (Wildman–Crippen LogP) is 3.35. The summed E-state index contributed by atoms with van der Waals surface area (Å²) in [5.41, 5.74) is 8.43. The van der Waals surface area contributed by atoms with Crippen LogP contribution in [0.2, 0.25) is 0 Å². The molecule has 0 bridgehead atoms. The molecule has 2 N–H and O–H groups in total. The van der Waals surface area contributed by atoms with Gasteiger partial charge >= 0.3 is 0 Å². The van der Waals surface area contributed by atoms with E-state index in [0.29, 0.717) is 5.13 Å². The Labute approximate surface area is 136 Å². The van der Waals surface area contributed by atoms with Crippen molar-refractivity contribution in [1.29, 1.82) is 0 Å². The van der Waals surface area contributed by atoms with Gasteiger partial charge in [0.2, 0.25) is 0 Å². The van der Waals surface area contributed by atoms with Crippen molar-refractivity contribution < 1.29 is 0 Å². The third-order valence-corrected chi connectivity index (χ3v) is 4.97. The maximum absolute atomic E-state index is 5.97. The summed E-state index contributed by atoms with van der Waals surface area (Å²) in [6.07, 6.45) is 0. The Bertz CT molecular complexity index is 622. The number of anilines is 3. The quantitative estimate of drug-likeness (QED) is 0.923. The highest BCUT2D eigenvalue weighted by molar-refractivity contribution is 7.19. The fraction of sp³-hybridized carbons (Fsp3) is 0.471. The number of nitrogens with two attached hydrogens (primary N) is 1. The molecule has 0 atom stereocenters. The number of hydrogen-bond donors (Lipinski definition) is 1. The number of nitrogen functional groups attached to an aromatic ring is 1. The Kier molecular flexibility index (Phi) is 4.00. The van der Waals surface area contributed by atoms with E-state index in [9.17, 15) is 0 Å². The predicted molar refractivity (Wildman–Crippen MR) is 96.1 cm³/mol. The van der Waals surface area contributed by atoms with Gasteiger partial charge in [0, 0.05) is 37.3 Å². The van der Waals surface area contributed by atoms with E-state index in [1.165, 1.54) is 10.7 Å². The molecule has 1 aromatic carbocycles. The molecule has 1 aliphatic rings. The van der Waals surface area contributed by atoms with Gasteiger partial charge in [-0.3, -0.25) is 0 Å². The monoisotopic (exact) mass is 316 g/mol. The number of benzene rings is 1. The van der Waals surface area contributed by atoms with E-state index in [2.05, 4.69) is 65.9 Å². The number of piperazine rings is 1. The zero-order chi connectivity index (χ0) is 15.7. The number of rotatable bonds is 2. The SMILES string of the molecule is CC(C)(C)c1nc(N)sc1N1CCN(c2ccccc2)CC1. The van der Waals surface area contributed by atoms with Crippen molar-refractivity contribution in [3.05, 3.63) is 36.0 Å². The second-order valence-corrected chi connectivity index (χ2v) is 7.77. The molecule has 1 aliphatic heterocycles. The molecule has 3 rings (SSSR count). The van der Waals surface area contributed by atoms with E-state index >= 15 is 0 Å². The Balaban J connectivity index is 1.75. The molecule has 2 heterocycles. The fourth-order valence-electron chi connectivity index (χ4n) is 2.84. The van der Waals surface area contributed by atoms with Crippen LogP contribution in [0.5, 0.6) is 0 Å². The summed E-state index contributed by atoms with van der Waals surface area (Å²) in [5.74, 6) is 0. The van der Waals surface area contributed by atoms with Gasteiger partial charge in [0.05, 0.1) is 5.69 Å². The number of hydrogen-bond acceptors (Lipinski definition) is 5. The normalized spacial score (nSPS) is 16.1. The molecule has 22 heavy (non-hydrogen) atoms. The Morgan fingerprint density at radius 3 is 2.18 bits per heavy atom. The average Bonchev–Trinajstić information content (AvgIpc) is 2.91. The van der Waals surface area contributed by atoms with Crippen LogP contribution in [0.15, 0.2) is 30.3 Å². The first-order valence-corrected chi connectivity index (χ1v) is 8.58. The second kappa shape index (κ2) is 5.80. The Hall–Kier alpha value is -1.75. The highest BCUT2D eigenvalue weighted by Gasteiger charge is 2.28. The van der Waals surface area contributed by atoms with Crippen LogP contribution in [-0.4, -0.2) is 31.2 Å². The summed E-state index contributed by atoms with van der Waals surface area (Å²) < 4.78 is 0. The molecule has 2 aromatic rings. The molecule has 1 fully saturated rings. The summed E-state index contributed by atoms with van der Waals surface area (Å²) in [6, 6.07) is 10.6. The summed E-state index contributed by atoms with van der Waals surface area (Å²) in [4.78, 5) is 9.46. The van der Waals surface area contributed by atoms with Crippen molar-refractivity contribution in [2.75, 3.05) is 41.7 Å². The van der Waals surface area contributed by atoms with E-state index in [4.69, 9.17) is 5.73 Å². The first-order valence-electron chi connectivity index (χ1n) is 7.77. The highest BCUT2D eigenvalue weighted by Crippen LogP contribution is 2.38. The van der Waals surface area contributed by atoms with Gasteiger partial charge in [0.25, 0.3) is 0 Å². The minimum absolute atomic E-state index is 0.0278. The van der Waals surface area contributed by atoms with Crippen molar-refractivity contribution in [3.63, 3.8) is 0 Å². The molecule has 0 aliphatic carbocycles. The molecule has 5 heteroatoms. The lowest BCUT2D eigenvalue weighted by atomic mass is 9.92. The Morgan fingerprint density at radius 1 is 1.00 bits per heavy atom. The molecule has 1 saturated heterocycles. The van der Waals surface area contributed by atoms with Gasteiger partial charge in [-0.1, -0.05) is 50.3 Å². The van der Waals surface area contributed by atoms with Crippen LogP contribution in [0.4, 0.5) is 15.8 Å². The minimum Gasteiger partial charge on any atom is -0.375 e. The number of aromatic nitrogens is 1. The van der Waals surface area contributed by atoms with Crippen LogP contribution < -0.4 is 15.5 Å². The van der Waals surface area contributed by atoms with Crippen molar-refractivity contribution >= 4 is 27.2 Å². The average molecular weight is 316 g/mol. The number of thiazole rings is 1. The van der Waals surface area contributed by atoms with Crippen LogP contribution in [0, 0.1) is 0 Å². The van der Waals surface area contributed by atoms with Crippen molar-refractivity contribution in [3.8, 4) is 0 Å². The van der Waals surface area contributed by atoms with E-state index < -0.39 is 0 Å². The Morgan fingerprint density at radius 2 is 1.59 bits per heavy atom. The first-order chi connectivity index (χ1) is 10.4. The summed E-state index contributed by atoms with van der Waals surface area (Å²) >= 11 is 1.62. The van der Waals surface area contributed by atoms with Gasteiger partial charge in [-0.2, -0.15) is 0 Å². The maximum atomic E-state index is 5.97. The largest absolute Gasteiger partial charge is 0.375 e. The lowest BCUT2D eigenvalue weighted by Crippen LogP contribution is -2.46. The van der Waals surface area contributed by atoms with Gasteiger partial charge in [-0.25, -0.2) is 4.98 Å². The standard InChI is InChI=1S/C17H24N4S/c1-17(2,3)14-15(22-16(18)19-14)21-11-9-20(10-12-21)13-7-5-4-6-8-13/h4-8H,9-12H2,1-3H3,(H2,18,19). The summed E-state index contributed by atoms with van der Waals surface area (Å²) in [7, 11) is 0. The van der Waals surface area contributed by atoms with E-state index in [-0.39, 0.29) is 5.41 Å². The zero-order valence-electron chi connectivity index (χ0n) is 13.5. The van der Waals surface area contributed by atoms with Gasteiger partial charge in [-0.15, -0.1) is 0 Å². The maximum Gasteiger partial charge on any atom is 0.182 e. The summed E-state index contributed by atoms with van der Waals surface area (Å²) in [6.45, 7) is 10.7. The van der Waals surface area contributed by atoms with E-state index in [1.54, 1.807) is 11.3 Å². The summed E-state index contributed by atoms with van der Waals surface area (Å²) in [5, 5.41) is 1.92. The van der Waals surface area contributed by atoms with Crippen LogP contribution in [0.3, 0.4) is 0 Å². The molecule has 4 nitrogen and oxygen atoms in total. The highest BCUT2D eigenvalue weighted by atomic mass is 32.1. The molecule has 118 valence electrons. The molecular weight excluding hydrogens is 292 g/mol. The fourth-order valence-corrected chi connectivity index (χ4v) is 3.93. The van der Waals surface area contributed by atoms with Crippen LogP contribution >= 0.6 is 11.3 Å². The smallest absolute Gasteiger partial charge is 0.182 e. The van der Waals surface area contributed by atoms with E-state index in [1.807, 2.05) is 0 Å². The minimum atomic E-state index is 0.0278. The van der Waals surface area contributed by atoms with Gasteiger partial charge in [-0.05, 0) is 12.1 Å². The zero-order valence-corrected chi connectivity index (χ0v) is 14.4. The van der Waals surface area contributed by atoms with Crippen LogP contribution in [0.25, 0.3) is 0 Å².